The Morgan fingerprint density at radius 2 is 1.22 bits per heavy atom. The summed E-state index contributed by atoms with van der Waals surface area (Å²) in [7, 11) is 0. The van der Waals surface area contributed by atoms with Gasteiger partial charge >= 0.3 is 0 Å². The fraction of sp³-hybridized carbons (Fsp3) is 0.0238. The van der Waals surface area contributed by atoms with Gasteiger partial charge in [-0.2, -0.15) is 0 Å². The smallest absolute Gasteiger partial charge is 0.159 e. The fourth-order valence-corrected chi connectivity index (χ4v) is 7.27. The van der Waals surface area contributed by atoms with Crippen molar-refractivity contribution >= 4 is 21.7 Å². The van der Waals surface area contributed by atoms with E-state index in [1.54, 1.807) is 6.07 Å². The van der Waals surface area contributed by atoms with Gasteiger partial charge in [0.1, 0.15) is 5.75 Å². The largest absolute Gasteiger partial charge is 0.507 e. The average Bonchev–Trinajstić information content (AvgIpc) is 3.43. The van der Waals surface area contributed by atoms with Gasteiger partial charge in [0.25, 0.3) is 0 Å². The highest BCUT2D eigenvalue weighted by Gasteiger charge is 2.47. The number of nitrogens with zero attached hydrogens (tertiary/aromatic N) is 3. The van der Waals surface area contributed by atoms with Gasteiger partial charge in [0.15, 0.2) is 5.82 Å². The van der Waals surface area contributed by atoms with E-state index in [1.807, 2.05) is 36.5 Å². The average molecular weight is 590 g/mol. The van der Waals surface area contributed by atoms with E-state index in [4.69, 9.17) is 15.0 Å². The molecule has 0 amide bonds. The van der Waals surface area contributed by atoms with Gasteiger partial charge in [-0.3, -0.25) is 4.98 Å². The minimum atomic E-state index is -0.712. The summed E-state index contributed by atoms with van der Waals surface area (Å²) in [5.41, 5.74) is 9.23. The van der Waals surface area contributed by atoms with Crippen LogP contribution in [-0.4, -0.2) is 20.1 Å². The maximum Gasteiger partial charge on any atom is 0.159 e. The summed E-state index contributed by atoms with van der Waals surface area (Å²) in [6, 6.07) is 51.8. The molecule has 1 aliphatic carbocycles. The highest BCUT2D eigenvalue weighted by Crippen LogP contribution is 2.56. The number of phenols is 1. The molecule has 0 saturated heterocycles. The van der Waals surface area contributed by atoms with Gasteiger partial charge < -0.3 is 5.11 Å². The second kappa shape index (κ2) is 10.2. The Hall–Kier alpha value is -6.13. The van der Waals surface area contributed by atoms with Gasteiger partial charge in [-0.25, -0.2) is 9.97 Å². The van der Waals surface area contributed by atoms with E-state index in [9.17, 15) is 5.11 Å². The van der Waals surface area contributed by atoms with E-state index in [-0.39, 0.29) is 5.75 Å². The lowest BCUT2D eigenvalue weighted by Crippen LogP contribution is -2.30. The van der Waals surface area contributed by atoms with E-state index in [0.29, 0.717) is 11.4 Å². The Kier molecular flexibility index (Phi) is 5.84. The number of aromatic nitrogens is 3. The molecule has 46 heavy (non-hydrogen) atoms. The fourth-order valence-electron chi connectivity index (χ4n) is 7.27. The van der Waals surface area contributed by atoms with Crippen molar-refractivity contribution in [3.05, 3.63) is 180 Å². The molecule has 4 nitrogen and oxygen atoms in total. The second-order valence-corrected chi connectivity index (χ2v) is 11.8. The molecule has 6 aromatic carbocycles. The lowest BCUT2D eigenvalue weighted by molar-refractivity contribution is 0.477. The first-order chi connectivity index (χ1) is 22.7. The SMILES string of the molecule is Oc1ccccc1-c1cccc(C2(c3cccc(-c4ncc5c(ccc6ccccc65)n4)c3)c3ccccc3-c3ccccc32)n1. The first kappa shape index (κ1) is 26.3. The maximum absolute atomic E-state index is 10.8. The van der Waals surface area contributed by atoms with Crippen LogP contribution < -0.4 is 0 Å². The molecule has 0 radical (unpaired) electrons. The summed E-state index contributed by atoms with van der Waals surface area (Å²) >= 11 is 0. The zero-order chi connectivity index (χ0) is 30.7. The predicted molar refractivity (Wildman–Crippen MR) is 185 cm³/mol. The molecule has 0 fully saturated rings. The molecule has 1 N–H and O–H groups in total. The minimum Gasteiger partial charge on any atom is -0.507 e. The van der Waals surface area contributed by atoms with Crippen LogP contribution in [0.4, 0.5) is 0 Å². The number of phenolic OH excluding ortho intramolecular Hbond substituents is 1. The maximum atomic E-state index is 10.8. The van der Waals surface area contributed by atoms with Crippen LogP contribution in [0.15, 0.2) is 158 Å². The first-order valence-corrected chi connectivity index (χ1v) is 15.4. The topological polar surface area (TPSA) is 58.9 Å². The van der Waals surface area contributed by atoms with Crippen LogP contribution in [0, 0.1) is 0 Å². The molecule has 0 unspecified atom stereocenters. The number of fused-ring (bicyclic) bond motifs is 6. The highest BCUT2D eigenvalue weighted by atomic mass is 16.3. The van der Waals surface area contributed by atoms with Crippen molar-refractivity contribution in [3.8, 4) is 39.5 Å². The third-order valence-electron chi connectivity index (χ3n) is 9.31. The van der Waals surface area contributed by atoms with Crippen LogP contribution in [0.25, 0.3) is 55.4 Å². The molecular weight excluding hydrogens is 562 g/mol. The van der Waals surface area contributed by atoms with E-state index >= 15 is 0 Å². The Morgan fingerprint density at radius 3 is 2.02 bits per heavy atom. The Labute approximate surface area is 266 Å². The van der Waals surface area contributed by atoms with Gasteiger partial charge in [-0.15, -0.1) is 0 Å². The van der Waals surface area contributed by atoms with Crippen molar-refractivity contribution in [2.75, 3.05) is 0 Å². The second-order valence-electron chi connectivity index (χ2n) is 11.8. The molecule has 2 heterocycles. The van der Waals surface area contributed by atoms with Crippen molar-refractivity contribution in [2.24, 2.45) is 0 Å². The summed E-state index contributed by atoms with van der Waals surface area (Å²) in [5.74, 6) is 0.881. The predicted octanol–water partition coefficient (Wildman–Crippen LogP) is 9.58. The quantitative estimate of drug-likeness (QED) is 0.208. The monoisotopic (exact) mass is 589 g/mol. The molecule has 1 aliphatic rings. The van der Waals surface area contributed by atoms with Crippen LogP contribution >= 0.6 is 0 Å². The Bertz CT molecular complexity index is 2420. The van der Waals surface area contributed by atoms with Gasteiger partial charge in [-0.1, -0.05) is 115 Å². The number of aromatic hydroxyl groups is 1. The van der Waals surface area contributed by atoms with Crippen LogP contribution in [-0.2, 0) is 5.41 Å². The lowest BCUT2D eigenvalue weighted by Gasteiger charge is -2.33. The third kappa shape index (κ3) is 3.83. The van der Waals surface area contributed by atoms with Crippen molar-refractivity contribution in [2.45, 2.75) is 5.41 Å². The highest BCUT2D eigenvalue weighted by molar-refractivity contribution is 6.06. The molecule has 0 saturated carbocycles. The number of rotatable bonds is 4. The summed E-state index contributed by atoms with van der Waals surface area (Å²) in [4.78, 5) is 15.3. The van der Waals surface area contributed by atoms with E-state index in [2.05, 4.69) is 115 Å². The number of hydrogen-bond acceptors (Lipinski definition) is 4. The van der Waals surface area contributed by atoms with Gasteiger partial charge in [0.2, 0.25) is 0 Å². The summed E-state index contributed by atoms with van der Waals surface area (Å²) in [6.07, 6.45) is 1.94. The summed E-state index contributed by atoms with van der Waals surface area (Å²) < 4.78 is 0. The van der Waals surface area contributed by atoms with E-state index < -0.39 is 5.41 Å². The normalized spacial score (nSPS) is 13.0. The van der Waals surface area contributed by atoms with Crippen LogP contribution in [0.3, 0.4) is 0 Å². The molecule has 216 valence electrons. The third-order valence-corrected chi connectivity index (χ3v) is 9.31. The van der Waals surface area contributed by atoms with Crippen molar-refractivity contribution in [1.82, 2.24) is 15.0 Å². The van der Waals surface area contributed by atoms with Gasteiger partial charge in [0, 0.05) is 22.7 Å². The minimum absolute atomic E-state index is 0.205. The van der Waals surface area contributed by atoms with E-state index in [1.165, 1.54) is 27.6 Å². The molecule has 4 heteroatoms. The number of pyridine rings is 1. The number of benzene rings is 6. The van der Waals surface area contributed by atoms with Crippen LogP contribution in [0.2, 0.25) is 0 Å². The molecule has 0 bridgehead atoms. The van der Waals surface area contributed by atoms with Crippen LogP contribution in [0.1, 0.15) is 22.4 Å². The first-order valence-electron chi connectivity index (χ1n) is 15.4. The molecule has 8 aromatic rings. The zero-order valence-corrected chi connectivity index (χ0v) is 24.8. The number of hydrogen-bond donors (Lipinski definition) is 1. The zero-order valence-electron chi connectivity index (χ0n) is 24.8. The molecular formula is C42H27N3O. The van der Waals surface area contributed by atoms with Gasteiger partial charge in [0.05, 0.1) is 22.3 Å². The molecule has 9 rings (SSSR count). The molecule has 0 spiro atoms. The summed E-state index contributed by atoms with van der Waals surface area (Å²) in [5, 5.41) is 14.1. The van der Waals surface area contributed by atoms with E-state index in [0.717, 1.165) is 38.8 Å². The number of para-hydroxylation sites is 1. The standard InChI is InChI=1S/C42H27N3O/c46-39-21-8-5-17-33(39)37-20-10-22-40(44-37)42(35-18-6-3-15-31(35)32-16-4-7-19-36(32)42)29-13-9-12-28(25-29)41-43-26-34-30-14-2-1-11-27(30)23-24-38(34)45-41/h1-26,46H. The van der Waals surface area contributed by atoms with Crippen LogP contribution in [0.5, 0.6) is 5.75 Å². The van der Waals surface area contributed by atoms with Crippen molar-refractivity contribution in [3.63, 3.8) is 0 Å². The van der Waals surface area contributed by atoms with Crippen molar-refractivity contribution in [1.29, 1.82) is 0 Å². The molecule has 2 aromatic heterocycles. The molecule has 0 atom stereocenters. The van der Waals surface area contributed by atoms with Gasteiger partial charge in [-0.05, 0) is 75.0 Å². The lowest BCUT2D eigenvalue weighted by atomic mass is 9.69. The van der Waals surface area contributed by atoms with Crippen molar-refractivity contribution < 1.29 is 5.11 Å². The Morgan fingerprint density at radius 1 is 0.522 bits per heavy atom. The Balaban J connectivity index is 1.29. The summed E-state index contributed by atoms with van der Waals surface area (Å²) in [6.45, 7) is 0. The molecule has 0 aliphatic heterocycles.